The van der Waals surface area contributed by atoms with E-state index in [1.54, 1.807) is 18.2 Å². The van der Waals surface area contributed by atoms with Gasteiger partial charge >= 0.3 is 0 Å². The van der Waals surface area contributed by atoms with Gasteiger partial charge in [-0.25, -0.2) is 0 Å². The summed E-state index contributed by atoms with van der Waals surface area (Å²) < 4.78 is 6.01. The first-order valence-electron chi connectivity index (χ1n) is 6.69. The summed E-state index contributed by atoms with van der Waals surface area (Å²) in [6, 6.07) is 16.9. The lowest BCUT2D eigenvalue weighted by Gasteiger charge is -2.16. The fourth-order valence-electron chi connectivity index (χ4n) is 2.58. The van der Waals surface area contributed by atoms with Gasteiger partial charge in [0.05, 0.1) is 13.1 Å². The third kappa shape index (κ3) is 2.35. The van der Waals surface area contributed by atoms with Gasteiger partial charge in [0, 0.05) is 10.0 Å². The number of halogens is 1. The fourth-order valence-corrected chi connectivity index (χ4v) is 3.28. The third-order valence-electron chi connectivity index (χ3n) is 3.60. The molecule has 0 saturated heterocycles. The molecule has 0 atom stereocenters. The summed E-state index contributed by atoms with van der Waals surface area (Å²) in [7, 11) is 1.45. The number of rotatable bonds is 3. The second-order valence-corrected chi connectivity index (χ2v) is 5.61. The normalized spacial score (nSPS) is 10.6. The maximum atomic E-state index is 11.5. The van der Waals surface area contributed by atoms with Crippen molar-refractivity contribution in [3.05, 3.63) is 64.6 Å². The van der Waals surface area contributed by atoms with Crippen molar-refractivity contribution in [1.82, 2.24) is 0 Å². The maximum absolute atomic E-state index is 11.5. The topological polar surface area (TPSA) is 49.4 Å². The van der Waals surface area contributed by atoms with E-state index in [-0.39, 0.29) is 11.3 Å². The van der Waals surface area contributed by atoms with Crippen LogP contribution in [0.15, 0.2) is 59.1 Å². The summed E-state index contributed by atoms with van der Waals surface area (Å²) in [5.41, 5.74) is 1.41. The van der Waals surface area contributed by atoms with E-state index in [4.69, 9.17) is 4.74 Å². The number of ether oxygens (including phenoxy) is 1. The quantitative estimate of drug-likeness (QED) is 0.720. The van der Waals surface area contributed by atoms with E-state index in [9.17, 15) is 9.90 Å². The smallest absolute Gasteiger partial charge is 0.128 e. The molecule has 0 aliphatic carbocycles. The highest BCUT2D eigenvalue weighted by Gasteiger charge is 2.15. The van der Waals surface area contributed by atoms with Crippen molar-refractivity contribution < 1.29 is 14.6 Å². The first-order valence-corrected chi connectivity index (χ1v) is 7.48. The summed E-state index contributed by atoms with van der Waals surface area (Å²) in [6.45, 7) is 0. The average molecular weight is 356 g/mol. The van der Waals surface area contributed by atoms with E-state index in [1.807, 2.05) is 36.4 Å². The van der Waals surface area contributed by atoms with E-state index in [0.717, 1.165) is 20.8 Å². The van der Waals surface area contributed by atoms with Gasteiger partial charge in [-0.2, -0.15) is 0 Å². The van der Waals surface area contributed by atoms with Gasteiger partial charge in [-0.1, -0.05) is 48.5 Å². The zero-order valence-corrected chi connectivity index (χ0v) is 13.4. The number of methoxy groups -OCH3 is 1. The van der Waals surface area contributed by atoms with Crippen LogP contribution >= 0.6 is 15.9 Å². The van der Waals surface area contributed by atoms with Gasteiger partial charge in [0.25, 0.3) is 0 Å². The van der Waals surface area contributed by atoms with Crippen LogP contribution in [-0.4, -0.2) is 13.1 Å². The van der Waals surface area contributed by atoms with Crippen molar-refractivity contribution in [2.24, 2.45) is 0 Å². The summed E-state index contributed by atoms with van der Waals surface area (Å²) >= 11 is 3.59. The molecule has 0 heterocycles. The van der Waals surface area contributed by atoms with Crippen molar-refractivity contribution in [2.75, 3.05) is 7.11 Å². The van der Waals surface area contributed by atoms with Crippen molar-refractivity contribution in [2.45, 2.75) is 0 Å². The standard InChI is InChI=1S/C18H13BrO3/c1-22-15-8-4-7-13(16(15)18(20)21)14-10-9-11-5-2-3-6-12(11)17(14)19/h2-10H,1H3,(H,20,21)/p-1. The molecular formula is C18H12BrO3-. The van der Waals surface area contributed by atoms with Crippen molar-refractivity contribution in [3.63, 3.8) is 0 Å². The van der Waals surface area contributed by atoms with Gasteiger partial charge < -0.3 is 14.6 Å². The lowest BCUT2D eigenvalue weighted by atomic mass is 9.96. The van der Waals surface area contributed by atoms with Crippen molar-refractivity contribution in [3.8, 4) is 16.9 Å². The Hall–Kier alpha value is -2.33. The second kappa shape index (κ2) is 5.81. The molecule has 3 nitrogen and oxygen atoms in total. The predicted molar refractivity (Wildman–Crippen MR) is 88.0 cm³/mol. The van der Waals surface area contributed by atoms with E-state index in [0.29, 0.717) is 5.56 Å². The molecule has 0 amide bonds. The van der Waals surface area contributed by atoms with Crippen LogP contribution in [-0.2, 0) is 0 Å². The first-order chi connectivity index (χ1) is 10.6. The number of carbonyl (C=O) groups is 1. The number of hydrogen-bond donors (Lipinski definition) is 0. The predicted octanol–water partition coefficient (Wildman–Crippen LogP) is 3.64. The molecule has 3 rings (SSSR count). The van der Waals surface area contributed by atoms with Crippen LogP contribution < -0.4 is 9.84 Å². The number of hydrogen-bond acceptors (Lipinski definition) is 3. The maximum Gasteiger partial charge on any atom is 0.128 e. The molecule has 3 aromatic carbocycles. The molecule has 0 bridgehead atoms. The number of carbonyl (C=O) groups excluding carboxylic acids is 1. The van der Waals surface area contributed by atoms with Gasteiger partial charge in [-0.15, -0.1) is 0 Å². The minimum Gasteiger partial charge on any atom is -0.545 e. The van der Waals surface area contributed by atoms with Crippen LogP contribution in [0.2, 0.25) is 0 Å². The van der Waals surface area contributed by atoms with Gasteiger partial charge in [0.15, 0.2) is 0 Å². The van der Waals surface area contributed by atoms with Crippen LogP contribution in [0.1, 0.15) is 10.4 Å². The van der Waals surface area contributed by atoms with Crippen LogP contribution in [0.4, 0.5) is 0 Å². The number of benzene rings is 3. The van der Waals surface area contributed by atoms with Crippen LogP contribution in [0.25, 0.3) is 21.9 Å². The number of carboxylic acid groups (broad SMARTS) is 1. The Kier molecular flexibility index (Phi) is 3.86. The van der Waals surface area contributed by atoms with E-state index in [2.05, 4.69) is 15.9 Å². The summed E-state index contributed by atoms with van der Waals surface area (Å²) in [4.78, 5) is 11.5. The largest absolute Gasteiger partial charge is 0.545 e. The molecule has 0 saturated carbocycles. The number of aromatic carboxylic acids is 1. The van der Waals surface area contributed by atoms with Crippen molar-refractivity contribution in [1.29, 1.82) is 0 Å². The molecule has 0 fully saturated rings. The Morgan fingerprint density at radius 2 is 1.77 bits per heavy atom. The lowest BCUT2D eigenvalue weighted by Crippen LogP contribution is -2.23. The molecule has 0 N–H and O–H groups in total. The zero-order chi connectivity index (χ0) is 15.7. The molecule has 0 spiro atoms. The highest BCUT2D eigenvalue weighted by Crippen LogP contribution is 2.38. The first kappa shape index (κ1) is 14.6. The van der Waals surface area contributed by atoms with E-state index >= 15 is 0 Å². The Bertz CT molecular complexity index is 871. The Morgan fingerprint density at radius 1 is 1.00 bits per heavy atom. The van der Waals surface area contributed by atoms with Crippen LogP contribution in [0, 0.1) is 0 Å². The Balaban J connectivity index is 2.33. The van der Waals surface area contributed by atoms with Crippen molar-refractivity contribution >= 4 is 32.7 Å². The molecule has 110 valence electrons. The van der Waals surface area contributed by atoms with Gasteiger partial charge in [-0.05, 0) is 43.9 Å². The highest BCUT2D eigenvalue weighted by molar-refractivity contribution is 9.10. The summed E-state index contributed by atoms with van der Waals surface area (Å²) in [5, 5.41) is 13.6. The molecule has 0 unspecified atom stereocenters. The summed E-state index contributed by atoms with van der Waals surface area (Å²) in [6.07, 6.45) is 0. The molecule has 0 aromatic heterocycles. The van der Waals surface area contributed by atoms with Gasteiger partial charge in [-0.3, -0.25) is 0 Å². The molecule has 0 aliphatic rings. The monoisotopic (exact) mass is 355 g/mol. The van der Waals surface area contributed by atoms with E-state index < -0.39 is 5.97 Å². The molecular weight excluding hydrogens is 344 g/mol. The number of carboxylic acids is 1. The summed E-state index contributed by atoms with van der Waals surface area (Å²) in [5.74, 6) is -0.968. The second-order valence-electron chi connectivity index (χ2n) is 4.82. The molecule has 22 heavy (non-hydrogen) atoms. The molecule has 4 heteroatoms. The average Bonchev–Trinajstić information content (AvgIpc) is 2.54. The Labute approximate surface area is 136 Å². The van der Waals surface area contributed by atoms with Gasteiger partial charge in [0.1, 0.15) is 5.75 Å². The SMILES string of the molecule is COc1cccc(-c2ccc3ccccc3c2Br)c1C(=O)[O-]. The van der Waals surface area contributed by atoms with Crippen LogP contribution in [0.3, 0.4) is 0 Å². The fraction of sp³-hybridized carbons (Fsp3) is 0.0556. The molecule has 3 aromatic rings. The third-order valence-corrected chi connectivity index (χ3v) is 4.46. The van der Waals surface area contributed by atoms with Crippen LogP contribution in [0.5, 0.6) is 5.75 Å². The van der Waals surface area contributed by atoms with Gasteiger partial charge in [0.2, 0.25) is 0 Å². The molecule has 0 radical (unpaired) electrons. The highest BCUT2D eigenvalue weighted by atomic mass is 79.9. The number of fused-ring (bicyclic) bond motifs is 1. The molecule has 0 aliphatic heterocycles. The Morgan fingerprint density at radius 3 is 2.50 bits per heavy atom. The minimum absolute atomic E-state index is 0.0565. The zero-order valence-electron chi connectivity index (χ0n) is 11.8. The van der Waals surface area contributed by atoms with E-state index in [1.165, 1.54) is 7.11 Å². The minimum atomic E-state index is -1.26. The lowest BCUT2D eigenvalue weighted by molar-refractivity contribution is -0.255.